The quantitative estimate of drug-likeness (QED) is 0.617. The molecule has 33 heavy (non-hydrogen) atoms. The first-order chi connectivity index (χ1) is 15.5. The van der Waals surface area contributed by atoms with Gasteiger partial charge in [0.25, 0.3) is 5.91 Å². The van der Waals surface area contributed by atoms with Crippen LogP contribution in [0.1, 0.15) is 72.3 Å². The Morgan fingerprint density at radius 1 is 1.09 bits per heavy atom. The molecule has 0 spiro atoms. The van der Waals surface area contributed by atoms with E-state index in [2.05, 4.69) is 24.5 Å². The van der Waals surface area contributed by atoms with Crippen LogP contribution in [0.15, 0.2) is 24.3 Å². The van der Waals surface area contributed by atoms with Crippen molar-refractivity contribution in [2.45, 2.75) is 84.5 Å². The summed E-state index contributed by atoms with van der Waals surface area (Å²) in [5, 5.41) is 5.66. The highest BCUT2D eigenvalue weighted by Crippen LogP contribution is 2.26. The van der Waals surface area contributed by atoms with Gasteiger partial charge < -0.3 is 25.0 Å². The topological polar surface area (TPSA) is 97.0 Å². The molecule has 1 heterocycles. The maximum absolute atomic E-state index is 12.6. The number of nitrogens with zero attached hydrogens (tertiary/aromatic N) is 1. The van der Waals surface area contributed by atoms with Crippen molar-refractivity contribution >= 4 is 17.9 Å². The van der Waals surface area contributed by atoms with E-state index in [0.29, 0.717) is 31.8 Å². The van der Waals surface area contributed by atoms with Crippen LogP contribution >= 0.6 is 0 Å². The molecule has 1 aromatic carbocycles. The number of benzene rings is 1. The van der Waals surface area contributed by atoms with Crippen molar-refractivity contribution in [2.75, 3.05) is 19.6 Å². The van der Waals surface area contributed by atoms with Gasteiger partial charge in [0, 0.05) is 32.1 Å². The first kappa shape index (κ1) is 26.5. The van der Waals surface area contributed by atoms with Gasteiger partial charge in [0.1, 0.15) is 11.4 Å². The second kappa shape index (κ2) is 11.9. The molecule has 1 aliphatic rings. The van der Waals surface area contributed by atoms with Crippen molar-refractivity contribution in [3.8, 4) is 5.75 Å². The fourth-order valence-corrected chi connectivity index (χ4v) is 3.64. The molecule has 1 aromatic rings. The lowest BCUT2D eigenvalue weighted by molar-refractivity contribution is -0.132. The first-order valence-electron chi connectivity index (χ1n) is 11.8. The van der Waals surface area contributed by atoms with Crippen molar-refractivity contribution in [3.63, 3.8) is 0 Å². The molecule has 1 saturated heterocycles. The summed E-state index contributed by atoms with van der Waals surface area (Å²) in [6, 6.07) is 7.78. The van der Waals surface area contributed by atoms with Crippen LogP contribution in [-0.4, -0.2) is 60.2 Å². The number of alkyl carbamates (subject to hydrolysis) is 1. The van der Waals surface area contributed by atoms with E-state index in [1.54, 1.807) is 32.6 Å². The van der Waals surface area contributed by atoms with E-state index < -0.39 is 17.8 Å². The van der Waals surface area contributed by atoms with Gasteiger partial charge in [-0.1, -0.05) is 32.0 Å². The molecule has 0 bridgehead atoms. The monoisotopic (exact) mass is 461 g/mol. The zero-order chi connectivity index (χ0) is 24.6. The van der Waals surface area contributed by atoms with Crippen LogP contribution in [-0.2, 0) is 14.3 Å². The lowest BCUT2D eigenvalue weighted by Gasteiger charge is -2.33. The van der Waals surface area contributed by atoms with Crippen LogP contribution in [0.2, 0.25) is 0 Å². The molecule has 1 unspecified atom stereocenters. The van der Waals surface area contributed by atoms with E-state index in [9.17, 15) is 14.4 Å². The fraction of sp³-hybridized carbons (Fsp3) is 0.640. The average Bonchev–Trinajstić information content (AvgIpc) is 2.73. The van der Waals surface area contributed by atoms with Crippen molar-refractivity contribution in [3.05, 3.63) is 29.8 Å². The third-order valence-corrected chi connectivity index (χ3v) is 5.42. The number of piperidine rings is 1. The molecule has 1 fully saturated rings. The SMILES string of the molecule is CC(Oc1ccccc1C(C)C)C(=O)NC1CCN(C(=O)CCNC(=O)OC(C)(C)C)CC1. The van der Waals surface area contributed by atoms with E-state index in [-0.39, 0.29) is 30.8 Å². The molecular weight excluding hydrogens is 422 g/mol. The smallest absolute Gasteiger partial charge is 0.407 e. The molecular formula is C25H39N3O5. The molecule has 0 radical (unpaired) electrons. The van der Waals surface area contributed by atoms with Crippen LogP contribution in [0, 0.1) is 0 Å². The number of rotatable bonds is 8. The van der Waals surface area contributed by atoms with E-state index >= 15 is 0 Å². The Morgan fingerprint density at radius 2 is 1.73 bits per heavy atom. The third-order valence-electron chi connectivity index (χ3n) is 5.42. The molecule has 3 amide bonds. The van der Waals surface area contributed by atoms with Crippen LogP contribution < -0.4 is 15.4 Å². The van der Waals surface area contributed by atoms with Gasteiger partial charge >= 0.3 is 6.09 Å². The van der Waals surface area contributed by atoms with E-state index in [1.807, 2.05) is 24.3 Å². The lowest BCUT2D eigenvalue weighted by Crippen LogP contribution is -2.49. The summed E-state index contributed by atoms with van der Waals surface area (Å²) in [5.41, 5.74) is 0.506. The van der Waals surface area contributed by atoms with Crippen LogP contribution in [0.4, 0.5) is 4.79 Å². The minimum atomic E-state index is -0.608. The van der Waals surface area contributed by atoms with Gasteiger partial charge in [0.2, 0.25) is 5.91 Å². The van der Waals surface area contributed by atoms with Crippen molar-refractivity contribution in [1.29, 1.82) is 0 Å². The molecule has 184 valence electrons. The highest BCUT2D eigenvalue weighted by molar-refractivity contribution is 5.81. The Kier molecular flexibility index (Phi) is 9.56. The molecule has 0 aliphatic carbocycles. The molecule has 2 rings (SSSR count). The second-order valence-corrected chi connectivity index (χ2v) is 9.79. The van der Waals surface area contributed by atoms with Gasteiger partial charge in [-0.2, -0.15) is 0 Å². The zero-order valence-corrected chi connectivity index (χ0v) is 20.8. The summed E-state index contributed by atoms with van der Waals surface area (Å²) in [5.74, 6) is 0.867. The van der Waals surface area contributed by atoms with Crippen LogP contribution in [0.3, 0.4) is 0 Å². The number of nitrogens with one attached hydrogen (secondary N) is 2. The summed E-state index contributed by atoms with van der Waals surface area (Å²) < 4.78 is 11.1. The molecule has 0 aromatic heterocycles. The summed E-state index contributed by atoms with van der Waals surface area (Å²) >= 11 is 0. The fourth-order valence-electron chi connectivity index (χ4n) is 3.64. The summed E-state index contributed by atoms with van der Waals surface area (Å²) in [7, 11) is 0. The molecule has 1 aliphatic heterocycles. The Hall–Kier alpha value is -2.77. The second-order valence-electron chi connectivity index (χ2n) is 9.79. The van der Waals surface area contributed by atoms with Crippen LogP contribution in [0.5, 0.6) is 5.75 Å². The minimum Gasteiger partial charge on any atom is -0.481 e. The Morgan fingerprint density at radius 3 is 2.33 bits per heavy atom. The number of para-hydroxylation sites is 1. The first-order valence-corrected chi connectivity index (χ1v) is 11.8. The molecule has 1 atom stereocenters. The van der Waals surface area contributed by atoms with Crippen molar-refractivity contribution in [1.82, 2.24) is 15.5 Å². The standard InChI is InChI=1S/C25H39N3O5/c1-17(2)20-9-7-8-10-21(20)32-18(3)23(30)27-19-12-15-28(16-13-19)22(29)11-14-26-24(31)33-25(4,5)6/h7-10,17-19H,11-16H2,1-6H3,(H,26,31)(H,27,30). The normalized spacial score (nSPS) is 15.7. The third kappa shape index (κ3) is 8.94. The van der Waals surface area contributed by atoms with Gasteiger partial charge in [-0.05, 0) is 58.1 Å². The number of carbonyl (C=O) groups is 3. The van der Waals surface area contributed by atoms with Gasteiger partial charge in [-0.25, -0.2) is 4.79 Å². The zero-order valence-electron chi connectivity index (χ0n) is 20.8. The van der Waals surface area contributed by atoms with E-state index in [1.165, 1.54) is 0 Å². The predicted octanol–water partition coefficient (Wildman–Crippen LogP) is 3.60. The Balaban J connectivity index is 1.72. The lowest BCUT2D eigenvalue weighted by atomic mass is 10.0. The highest BCUT2D eigenvalue weighted by atomic mass is 16.6. The maximum atomic E-state index is 12.6. The van der Waals surface area contributed by atoms with Gasteiger partial charge in [-0.3, -0.25) is 9.59 Å². The van der Waals surface area contributed by atoms with E-state index in [0.717, 1.165) is 11.3 Å². The number of hydrogen-bond acceptors (Lipinski definition) is 5. The summed E-state index contributed by atoms with van der Waals surface area (Å²) in [4.78, 5) is 38.5. The molecule has 0 saturated carbocycles. The van der Waals surface area contributed by atoms with Crippen molar-refractivity contribution < 1.29 is 23.9 Å². The number of amides is 3. The molecule has 8 nitrogen and oxygen atoms in total. The number of carbonyl (C=O) groups excluding carboxylic acids is 3. The number of hydrogen-bond donors (Lipinski definition) is 2. The number of likely N-dealkylation sites (tertiary alicyclic amines) is 1. The predicted molar refractivity (Wildman–Crippen MR) is 127 cm³/mol. The largest absolute Gasteiger partial charge is 0.481 e. The Labute approximate surface area is 197 Å². The van der Waals surface area contributed by atoms with Crippen molar-refractivity contribution in [2.24, 2.45) is 0 Å². The summed E-state index contributed by atoms with van der Waals surface area (Å²) in [6.07, 6.45) is 0.460. The number of ether oxygens (including phenoxy) is 2. The minimum absolute atomic E-state index is 0.00725. The highest BCUT2D eigenvalue weighted by Gasteiger charge is 2.26. The van der Waals surface area contributed by atoms with Gasteiger partial charge in [0.05, 0.1) is 0 Å². The molecule has 2 N–H and O–H groups in total. The molecule has 8 heteroatoms. The maximum Gasteiger partial charge on any atom is 0.407 e. The van der Waals surface area contributed by atoms with Crippen LogP contribution in [0.25, 0.3) is 0 Å². The van der Waals surface area contributed by atoms with Gasteiger partial charge in [0.15, 0.2) is 6.10 Å². The Bertz CT molecular complexity index is 811. The summed E-state index contributed by atoms with van der Waals surface area (Å²) in [6.45, 7) is 12.7. The van der Waals surface area contributed by atoms with E-state index in [4.69, 9.17) is 9.47 Å². The van der Waals surface area contributed by atoms with Gasteiger partial charge in [-0.15, -0.1) is 0 Å². The average molecular weight is 462 g/mol.